The van der Waals surface area contributed by atoms with Gasteiger partial charge >= 0.3 is 0 Å². The Kier molecular flexibility index (Phi) is 7.19. The Morgan fingerprint density at radius 2 is 1.89 bits per heavy atom. The summed E-state index contributed by atoms with van der Waals surface area (Å²) in [6, 6.07) is 14.1. The molecule has 1 N–H and O–H groups in total. The Hall–Kier alpha value is -2.14. The van der Waals surface area contributed by atoms with Crippen LogP contribution in [-0.4, -0.2) is 39.9 Å². The number of hydrogen-bond acceptors (Lipinski definition) is 5. The first-order valence-electron chi connectivity index (χ1n) is 7.91. The van der Waals surface area contributed by atoms with Crippen molar-refractivity contribution in [2.45, 2.75) is 6.92 Å². The highest BCUT2D eigenvalue weighted by molar-refractivity contribution is 14.1. The standard InChI is InChI=1S/C18H20IN3O4S/c1-13(14-5-4-6-15(19)11-14)20-21-18(23)12-22(27(3,24)25)16-7-9-17(26-2)10-8-16/h4-11H,12H2,1-3H3,(H,21,23)/b20-13+. The fourth-order valence-corrected chi connectivity index (χ4v) is 3.64. The van der Waals surface area contributed by atoms with Crippen LogP contribution in [0.4, 0.5) is 5.69 Å². The molecule has 0 radical (unpaired) electrons. The highest BCUT2D eigenvalue weighted by atomic mass is 127. The molecule has 144 valence electrons. The summed E-state index contributed by atoms with van der Waals surface area (Å²) < 4.78 is 31.3. The fraction of sp³-hybridized carbons (Fsp3) is 0.222. The Morgan fingerprint density at radius 3 is 2.44 bits per heavy atom. The van der Waals surface area contributed by atoms with Gasteiger partial charge in [-0.2, -0.15) is 5.10 Å². The van der Waals surface area contributed by atoms with Crippen molar-refractivity contribution in [1.82, 2.24) is 5.43 Å². The van der Waals surface area contributed by atoms with E-state index >= 15 is 0 Å². The van der Waals surface area contributed by atoms with Crippen LogP contribution in [0.3, 0.4) is 0 Å². The topological polar surface area (TPSA) is 88.1 Å². The molecule has 0 bridgehead atoms. The van der Waals surface area contributed by atoms with Gasteiger partial charge < -0.3 is 4.74 Å². The van der Waals surface area contributed by atoms with Gasteiger partial charge in [0.05, 0.1) is 24.8 Å². The van der Waals surface area contributed by atoms with Crippen LogP contribution in [0.2, 0.25) is 0 Å². The molecule has 0 aromatic heterocycles. The Bertz CT molecular complexity index is 943. The molecule has 0 saturated carbocycles. The highest BCUT2D eigenvalue weighted by Crippen LogP contribution is 2.21. The molecule has 0 heterocycles. The van der Waals surface area contributed by atoms with E-state index in [1.54, 1.807) is 31.2 Å². The number of anilines is 1. The number of hydrogen-bond donors (Lipinski definition) is 1. The molecule has 0 saturated heterocycles. The van der Waals surface area contributed by atoms with E-state index in [4.69, 9.17) is 4.74 Å². The second-order valence-corrected chi connectivity index (χ2v) is 8.86. The van der Waals surface area contributed by atoms with Crippen molar-refractivity contribution in [3.8, 4) is 5.75 Å². The van der Waals surface area contributed by atoms with Crippen molar-refractivity contribution in [2.75, 3.05) is 24.2 Å². The molecule has 2 aromatic carbocycles. The van der Waals surface area contributed by atoms with E-state index < -0.39 is 15.9 Å². The lowest BCUT2D eigenvalue weighted by Crippen LogP contribution is -2.39. The second kappa shape index (κ2) is 9.18. The average Bonchev–Trinajstić information content (AvgIpc) is 2.63. The smallest absolute Gasteiger partial charge is 0.260 e. The third-order valence-corrected chi connectivity index (χ3v) is 5.45. The number of methoxy groups -OCH3 is 1. The average molecular weight is 501 g/mol. The number of nitrogens with one attached hydrogen (secondary N) is 1. The number of ether oxygens (including phenoxy) is 1. The van der Waals surface area contributed by atoms with E-state index in [2.05, 4.69) is 33.1 Å². The molecule has 7 nitrogen and oxygen atoms in total. The van der Waals surface area contributed by atoms with Crippen molar-refractivity contribution >= 4 is 49.9 Å². The molecule has 0 unspecified atom stereocenters. The monoisotopic (exact) mass is 501 g/mol. The number of carbonyl (C=O) groups is 1. The van der Waals surface area contributed by atoms with Gasteiger partial charge in [-0.05, 0) is 71.5 Å². The lowest BCUT2D eigenvalue weighted by molar-refractivity contribution is -0.119. The SMILES string of the molecule is COc1ccc(N(CC(=O)N/N=C(\C)c2cccc(I)c2)S(C)(=O)=O)cc1. The van der Waals surface area contributed by atoms with Gasteiger partial charge in [0.15, 0.2) is 0 Å². The van der Waals surface area contributed by atoms with E-state index in [1.807, 2.05) is 24.3 Å². The molecule has 0 fully saturated rings. The lowest BCUT2D eigenvalue weighted by Gasteiger charge is -2.21. The minimum Gasteiger partial charge on any atom is -0.497 e. The number of rotatable bonds is 7. The van der Waals surface area contributed by atoms with E-state index in [0.29, 0.717) is 17.1 Å². The number of benzene rings is 2. The predicted molar refractivity (Wildman–Crippen MR) is 115 cm³/mol. The molecule has 0 aliphatic carbocycles. The Balaban J connectivity index is 2.13. The van der Waals surface area contributed by atoms with Gasteiger partial charge in [-0.3, -0.25) is 9.10 Å². The van der Waals surface area contributed by atoms with Gasteiger partial charge in [0.25, 0.3) is 5.91 Å². The Morgan fingerprint density at radius 1 is 1.22 bits per heavy atom. The van der Waals surface area contributed by atoms with Crippen molar-refractivity contribution < 1.29 is 17.9 Å². The van der Waals surface area contributed by atoms with Crippen LogP contribution in [0.15, 0.2) is 53.6 Å². The summed E-state index contributed by atoms with van der Waals surface area (Å²) in [7, 11) is -2.13. The van der Waals surface area contributed by atoms with Gasteiger partial charge in [-0.25, -0.2) is 13.8 Å². The first-order valence-corrected chi connectivity index (χ1v) is 10.8. The van der Waals surface area contributed by atoms with Crippen molar-refractivity contribution in [3.63, 3.8) is 0 Å². The van der Waals surface area contributed by atoms with Gasteiger partial charge in [0.1, 0.15) is 12.3 Å². The maximum atomic E-state index is 12.2. The van der Waals surface area contributed by atoms with Crippen molar-refractivity contribution in [2.24, 2.45) is 5.10 Å². The molecule has 0 aliphatic heterocycles. The molecule has 0 aliphatic rings. The molecule has 0 spiro atoms. The normalized spacial score (nSPS) is 11.8. The van der Waals surface area contributed by atoms with Gasteiger partial charge in [0, 0.05) is 3.57 Å². The van der Waals surface area contributed by atoms with E-state index in [-0.39, 0.29) is 6.54 Å². The van der Waals surface area contributed by atoms with Crippen LogP contribution in [0, 0.1) is 3.57 Å². The summed E-state index contributed by atoms with van der Waals surface area (Å²) in [6.07, 6.45) is 1.05. The number of hydrazone groups is 1. The van der Waals surface area contributed by atoms with Crippen LogP contribution in [0.25, 0.3) is 0 Å². The molecule has 27 heavy (non-hydrogen) atoms. The second-order valence-electron chi connectivity index (χ2n) is 5.71. The van der Waals surface area contributed by atoms with Crippen LogP contribution >= 0.6 is 22.6 Å². The molecule has 2 rings (SSSR count). The summed E-state index contributed by atoms with van der Waals surface area (Å²) in [6.45, 7) is 1.39. The summed E-state index contributed by atoms with van der Waals surface area (Å²) in [5.74, 6) is 0.0515. The molecular formula is C18H20IN3O4S. The van der Waals surface area contributed by atoms with E-state index in [1.165, 1.54) is 7.11 Å². The molecular weight excluding hydrogens is 481 g/mol. The number of sulfonamides is 1. The minimum atomic E-state index is -3.65. The van der Waals surface area contributed by atoms with E-state index in [9.17, 15) is 13.2 Å². The van der Waals surface area contributed by atoms with Crippen molar-refractivity contribution in [1.29, 1.82) is 0 Å². The third-order valence-electron chi connectivity index (χ3n) is 3.64. The van der Waals surface area contributed by atoms with Crippen LogP contribution in [0.1, 0.15) is 12.5 Å². The Labute approximate surface area is 172 Å². The third kappa shape index (κ3) is 6.21. The minimum absolute atomic E-state index is 0.367. The molecule has 9 heteroatoms. The van der Waals surface area contributed by atoms with Gasteiger partial charge in [0.2, 0.25) is 10.0 Å². The first-order chi connectivity index (χ1) is 12.7. The summed E-state index contributed by atoms with van der Waals surface area (Å²) in [5, 5.41) is 4.06. The van der Waals surface area contributed by atoms with Crippen LogP contribution in [0.5, 0.6) is 5.75 Å². The molecule has 1 amide bonds. The van der Waals surface area contributed by atoms with Crippen molar-refractivity contribution in [3.05, 3.63) is 57.7 Å². The maximum absolute atomic E-state index is 12.2. The highest BCUT2D eigenvalue weighted by Gasteiger charge is 2.20. The zero-order valence-corrected chi connectivity index (χ0v) is 18.1. The number of halogens is 1. The molecule has 2 aromatic rings. The summed E-state index contributed by atoms with van der Waals surface area (Å²) in [4.78, 5) is 12.2. The van der Waals surface area contributed by atoms with Gasteiger partial charge in [-0.15, -0.1) is 0 Å². The van der Waals surface area contributed by atoms with E-state index in [0.717, 1.165) is 19.7 Å². The predicted octanol–water partition coefficient (Wildman–Crippen LogP) is 2.61. The number of carbonyl (C=O) groups excluding carboxylic acids is 1. The first kappa shape index (κ1) is 21.2. The fourth-order valence-electron chi connectivity index (χ4n) is 2.24. The quantitative estimate of drug-likeness (QED) is 0.359. The summed E-state index contributed by atoms with van der Waals surface area (Å²) in [5.41, 5.74) is 4.27. The number of amides is 1. The van der Waals surface area contributed by atoms with Gasteiger partial charge in [-0.1, -0.05) is 12.1 Å². The van der Waals surface area contributed by atoms with Crippen LogP contribution in [-0.2, 0) is 14.8 Å². The number of nitrogens with zero attached hydrogens (tertiary/aromatic N) is 2. The maximum Gasteiger partial charge on any atom is 0.260 e. The molecule has 0 atom stereocenters. The summed E-state index contributed by atoms with van der Waals surface area (Å²) >= 11 is 2.19. The lowest BCUT2D eigenvalue weighted by atomic mass is 10.1. The zero-order valence-electron chi connectivity index (χ0n) is 15.1. The zero-order chi connectivity index (χ0) is 20.0. The van der Waals surface area contributed by atoms with Crippen LogP contribution < -0.4 is 14.5 Å². The largest absolute Gasteiger partial charge is 0.497 e.